The molecule has 0 saturated carbocycles. The van der Waals surface area contributed by atoms with Gasteiger partial charge in [0.05, 0.1) is 20.8 Å². The molecule has 2 atom stereocenters. The zero-order valence-electron chi connectivity index (χ0n) is 28.9. The van der Waals surface area contributed by atoms with Crippen molar-refractivity contribution in [3.05, 3.63) is 154 Å². The van der Waals surface area contributed by atoms with Crippen molar-refractivity contribution in [2.24, 2.45) is 10.1 Å². The lowest BCUT2D eigenvalue weighted by molar-refractivity contribution is -0.129. The van der Waals surface area contributed by atoms with E-state index in [0.717, 1.165) is 22.3 Å². The zero-order valence-corrected chi connectivity index (χ0v) is 28.9. The molecule has 52 heavy (non-hydrogen) atoms. The summed E-state index contributed by atoms with van der Waals surface area (Å²) in [6.07, 6.45) is -0.293. The van der Waals surface area contributed by atoms with Crippen LogP contribution in [0.3, 0.4) is 0 Å². The van der Waals surface area contributed by atoms with Crippen molar-refractivity contribution in [2.75, 3.05) is 27.4 Å². The average molecular weight is 698 g/mol. The second-order valence-corrected chi connectivity index (χ2v) is 12.2. The smallest absolute Gasteiger partial charge is 0.252 e. The molecular formula is C41H39N5O6. The summed E-state index contributed by atoms with van der Waals surface area (Å²) in [7, 11) is 3.14. The second kappa shape index (κ2) is 16.6. The number of hydrogen-bond acceptors (Lipinski definition) is 8. The quantitative estimate of drug-likeness (QED) is 0.0492. The van der Waals surface area contributed by atoms with Crippen LogP contribution >= 0.6 is 0 Å². The molecule has 11 heteroatoms. The predicted molar refractivity (Wildman–Crippen MR) is 199 cm³/mol. The van der Waals surface area contributed by atoms with Crippen molar-refractivity contribution in [1.29, 1.82) is 0 Å². The average Bonchev–Trinajstić information content (AvgIpc) is 3.58. The van der Waals surface area contributed by atoms with E-state index >= 15 is 0 Å². The van der Waals surface area contributed by atoms with Gasteiger partial charge in [-0.1, -0.05) is 84.0 Å². The Labute approximate surface area is 302 Å². The van der Waals surface area contributed by atoms with Crippen LogP contribution < -0.4 is 19.5 Å². The first kappa shape index (κ1) is 35.5. The van der Waals surface area contributed by atoms with Crippen molar-refractivity contribution in [1.82, 2.24) is 5.32 Å². The summed E-state index contributed by atoms with van der Waals surface area (Å²) in [4.78, 5) is 23.0. The van der Waals surface area contributed by atoms with E-state index < -0.39 is 11.6 Å². The number of aliphatic imine (C=N–C) groups is 1. The largest absolute Gasteiger partial charge is 0.497 e. The number of azide groups is 1. The highest BCUT2D eigenvalue weighted by Gasteiger charge is 2.53. The van der Waals surface area contributed by atoms with Crippen molar-refractivity contribution < 1.29 is 28.8 Å². The fourth-order valence-corrected chi connectivity index (χ4v) is 6.16. The number of nitrogens with one attached hydrogen (secondary N) is 1. The van der Waals surface area contributed by atoms with Crippen LogP contribution in [-0.2, 0) is 22.5 Å². The normalized spacial score (nSPS) is 16.2. The Morgan fingerprint density at radius 3 is 2.19 bits per heavy atom. The Bertz CT molecular complexity index is 2040. The van der Waals surface area contributed by atoms with Gasteiger partial charge in [-0.15, -0.1) is 0 Å². The summed E-state index contributed by atoms with van der Waals surface area (Å²) in [5.41, 5.74) is 13.1. The fraction of sp³-hybridized carbons (Fsp3) is 0.220. The number of methoxy groups -OCH3 is 2. The summed E-state index contributed by atoms with van der Waals surface area (Å²) in [6.45, 7) is 0.562. The highest BCUT2D eigenvalue weighted by atomic mass is 16.5. The molecule has 264 valence electrons. The minimum Gasteiger partial charge on any atom is -0.497 e. The highest BCUT2D eigenvalue weighted by Crippen LogP contribution is 2.44. The molecule has 1 aliphatic rings. The number of benzene rings is 5. The van der Waals surface area contributed by atoms with Crippen LogP contribution in [0.2, 0.25) is 0 Å². The number of aliphatic hydroxyl groups is 1. The van der Waals surface area contributed by atoms with Crippen LogP contribution in [0.1, 0.15) is 34.8 Å². The van der Waals surface area contributed by atoms with E-state index in [1.165, 1.54) is 0 Å². The molecule has 0 bridgehead atoms. The summed E-state index contributed by atoms with van der Waals surface area (Å²) in [6, 6.07) is 37.8. The molecule has 0 radical (unpaired) electrons. The van der Waals surface area contributed by atoms with Gasteiger partial charge >= 0.3 is 0 Å². The van der Waals surface area contributed by atoms with E-state index in [1.807, 2.05) is 91.0 Å². The molecule has 0 unspecified atom stereocenters. The third-order valence-electron chi connectivity index (χ3n) is 8.82. The maximum atomic E-state index is 14.9. The molecular weight excluding hydrogens is 658 g/mol. The number of hydrogen-bond donors (Lipinski definition) is 2. The van der Waals surface area contributed by atoms with Gasteiger partial charge in [0.15, 0.2) is 11.6 Å². The third kappa shape index (κ3) is 8.02. The standard InChI is InChI=1S/C41H39N5O6/c1-49-35-23-28(24-36(25-35)50-2)27-43-40(48)41(26-33-11-6-7-12-37(33)45-46-42)38(31-15-13-30(14-16-31)29-9-4-3-5-10-29)52-39(44-41)32-17-19-34(20-18-32)51-22-8-21-47/h3-7,9-20,23-25,38,47H,8,21-22,26-27H2,1-2H3,(H,43,48)/t38-,41-/m1/s1. The molecule has 6 rings (SSSR count). The van der Waals surface area contributed by atoms with Gasteiger partial charge in [0.25, 0.3) is 5.91 Å². The van der Waals surface area contributed by atoms with Crippen LogP contribution in [0.4, 0.5) is 5.69 Å². The summed E-state index contributed by atoms with van der Waals surface area (Å²) >= 11 is 0. The zero-order chi connectivity index (χ0) is 36.3. The van der Waals surface area contributed by atoms with E-state index in [2.05, 4.69) is 15.3 Å². The molecule has 1 aliphatic heterocycles. The van der Waals surface area contributed by atoms with Crippen molar-refractivity contribution >= 4 is 17.5 Å². The molecule has 5 aromatic rings. The van der Waals surface area contributed by atoms with Crippen molar-refractivity contribution in [2.45, 2.75) is 31.0 Å². The lowest BCUT2D eigenvalue weighted by Crippen LogP contribution is -2.49. The molecule has 2 N–H and O–H groups in total. The number of carbonyl (C=O) groups is 1. The van der Waals surface area contributed by atoms with E-state index in [-0.39, 0.29) is 31.4 Å². The first-order valence-corrected chi connectivity index (χ1v) is 16.9. The van der Waals surface area contributed by atoms with E-state index in [9.17, 15) is 10.3 Å². The summed E-state index contributed by atoms with van der Waals surface area (Å²) < 4.78 is 23.4. The lowest BCUT2D eigenvalue weighted by atomic mass is 9.81. The van der Waals surface area contributed by atoms with Gasteiger partial charge in [0.1, 0.15) is 17.2 Å². The minimum absolute atomic E-state index is 0.0365. The van der Waals surface area contributed by atoms with Gasteiger partial charge in [-0.3, -0.25) is 4.79 Å². The van der Waals surface area contributed by atoms with Crippen LogP contribution in [0.25, 0.3) is 21.6 Å². The van der Waals surface area contributed by atoms with Crippen molar-refractivity contribution in [3.63, 3.8) is 0 Å². The molecule has 1 amide bonds. The van der Waals surface area contributed by atoms with Gasteiger partial charge < -0.3 is 29.4 Å². The number of aliphatic hydroxyl groups excluding tert-OH is 1. The minimum atomic E-state index is -1.54. The fourth-order valence-electron chi connectivity index (χ4n) is 6.16. The van der Waals surface area contributed by atoms with E-state index in [0.29, 0.717) is 47.1 Å². The lowest BCUT2D eigenvalue weighted by Gasteiger charge is -2.31. The summed E-state index contributed by atoms with van der Waals surface area (Å²) in [5.74, 6) is 1.70. The summed E-state index contributed by atoms with van der Waals surface area (Å²) in [5, 5.41) is 16.2. The topological polar surface area (TPSA) is 147 Å². The third-order valence-corrected chi connectivity index (χ3v) is 8.82. The van der Waals surface area contributed by atoms with Crippen molar-refractivity contribution in [3.8, 4) is 28.4 Å². The van der Waals surface area contributed by atoms with Gasteiger partial charge in [-0.05, 0) is 69.7 Å². The Balaban J connectivity index is 1.44. The van der Waals surface area contributed by atoms with E-state index in [4.69, 9.17) is 29.0 Å². The monoisotopic (exact) mass is 697 g/mol. The maximum Gasteiger partial charge on any atom is 0.252 e. The molecule has 5 aromatic carbocycles. The second-order valence-electron chi connectivity index (χ2n) is 12.2. The van der Waals surface area contributed by atoms with Gasteiger partial charge in [-0.2, -0.15) is 0 Å². The SMILES string of the molecule is COc1cc(CNC(=O)[C@]2(Cc3ccccc3N=[N+]=[N-])N=C(c3ccc(OCCCO)cc3)O[C@@H]2c2ccc(-c3ccccc3)cc2)cc(OC)c1. The Hall–Kier alpha value is -6.29. The van der Waals surface area contributed by atoms with Crippen LogP contribution in [0.15, 0.2) is 131 Å². The molecule has 0 saturated heterocycles. The van der Waals surface area contributed by atoms with Gasteiger partial charge in [0, 0.05) is 48.2 Å². The predicted octanol–water partition coefficient (Wildman–Crippen LogP) is 7.89. The Morgan fingerprint density at radius 1 is 0.865 bits per heavy atom. The van der Waals surface area contributed by atoms with Crippen LogP contribution in [0.5, 0.6) is 17.2 Å². The Kier molecular flexibility index (Phi) is 11.4. The number of nitrogens with zero attached hydrogens (tertiary/aromatic N) is 4. The molecule has 1 heterocycles. The number of carbonyl (C=O) groups excluding carboxylic acids is 1. The highest BCUT2D eigenvalue weighted by molar-refractivity contribution is 6.01. The number of amides is 1. The molecule has 0 aliphatic carbocycles. The molecule has 11 nitrogen and oxygen atoms in total. The Morgan fingerprint density at radius 2 is 1.52 bits per heavy atom. The molecule has 0 spiro atoms. The van der Waals surface area contributed by atoms with Gasteiger partial charge in [0.2, 0.25) is 5.90 Å². The first-order chi connectivity index (χ1) is 25.5. The van der Waals surface area contributed by atoms with Gasteiger partial charge in [-0.25, -0.2) is 4.99 Å². The van der Waals surface area contributed by atoms with Crippen LogP contribution in [0, 0.1) is 0 Å². The molecule has 0 aromatic heterocycles. The number of ether oxygens (including phenoxy) is 4. The van der Waals surface area contributed by atoms with E-state index in [1.54, 1.807) is 44.6 Å². The number of rotatable bonds is 15. The van der Waals surface area contributed by atoms with Crippen LogP contribution in [-0.4, -0.2) is 49.9 Å². The maximum absolute atomic E-state index is 14.9. The molecule has 0 fully saturated rings. The first-order valence-electron chi connectivity index (χ1n) is 16.9.